The van der Waals surface area contributed by atoms with Crippen molar-refractivity contribution in [2.45, 2.75) is 19.6 Å². The van der Waals surface area contributed by atoms with E-state index in [1.54, 1.807) is 19.2 Å². The highest BCUT2D eigenvalue weighted by atomic mass is 16.5. The molecule has 2 aromatic rings. The number of rotatable bonds is 7. The zero-order chi connectivity index (χ0) is 16.7. The van der Waals surface area contributed by atoms with E-state index in [4.69, 9.17) is 15.2 Å². The fraction of sp³-hybridized carbons (Fsp3) is 0.278. The van der Waals surface area contributed by atoms with Crippen LogP contribution in [-0.2, 0) is 6.54 Å². The van der Waals surface area contributed by atoms with Crippen LogP contribution in [0.4, 0.5) is 0 Å². The predicted molar refractivity (Wildman–Crippen MR) is 89.8 cm³/mol. The first-order chi connectivity index (χ1) is 11.1. The third-order valence-electron chi connectivity index (χ3n) is 3.38. The normalized spacial score (nSPS) is 11.6. The molecule has 0 spiro atoms. The molecule has 1 unspecified atom stereocenters. The van der Waals surface area contributed by atoms with Gasteiger partial charge in [-0.25, -0.2) is 0 Å². The molecule has 3 N–H and O–H groups in total. The number of nitrogens with one attached hydrogen (secondary N) is 1. The minimum atomic E-state index is -0.158. The maximum atomic E-state index is 12.1. The number of ether oxygens (including phenoxy) is 2. The first-order valence-corrected chi connectivity index (χ1v) is 7.50. The van der Waals surface area contributed by atoms with Gasteiger partial charge in [-0.3, -0.25) is 4.79 Å². The maximum absolute atomic E-state index is 12.1. The van der Waals surface area contributed by atoms with Crippen LogP contribution < -0.4 is 20.5 Å². The molecule has 0 radical (unpaired) electrons. The number of benzene rings is 2. The lowest BCUT2D eigenvalue weighted by Crippen LogP contribution is -2.33. The van der Waals surface area contributed by atoms with Crippen LogP contribution >= 0.6 is 0 Å². The minimum Gasteiger partial charge on any atom is -0.497 e. The van der Waals surface area contributed by atoms with Gasteiger partial charge >= 0.3 is 0 Å². The second kappa shape index (κ2) is 8.19. The van der Waals surface area contributed by atoms with E-state index in [-0.39, 0.29) is 12.0 Å². The number of carbonyl (C=O) groups is 1. The summed E-state index contributed by atoms with van der Waals surface area (Å²) in [6, 6.07) is 14.6. The minimum absolute atomic E-state index is 0.130. The van der Waals surface area contributed by atoms with Crippen LogP contribution in [0, 0.1) is 0 Å². The fourth-order valence-corrected chi connectivity index (χ4v) is 2.08. The topological polar surface area (TPSA) is 73.6 Å². The Kier molecular flexibility index (Phi) is 6.00. The number of carbonyl (C=O) groups excluding carboxylic acids is 1. The summed E-state index contributed by atoms with van der Waals surface area (Å²) in [6.07, 6.45) is -0.158. The quantitative estimate of drug-likeness (QED) is 0.823. The van der Waals surface area contributed by atoms with Gasteiger partial charge in [0.05, 0.1) is 13.7 Å². The van der Waals surface area contributed by atoms with E-state index < -0.39 is 0 Å². The number of hydrogen-bond acceptors (Lipinski definition) is 4. The first kappa shape index (κ1) is 16.8. The molecule has 122 valence electrons. The van der Waals surface area contributed by atoms with Gasteiger partial charge in [0.25, 0.3) is 5.91 Å². The summed E-state index contributed by atoms with van der Waals surface area (Å²) in [5.74, 6) is 1.31. The van der Waals surface area contributed by atoms with E-state index >= 15 is 0 Å². The molecule has 1 amide bonds. The van der Waals surface area contributed by atoms with E-state index in [0.29, 0.717) is 24.4 Å². The Hall–Kier alpha value is -2.53. The fourth-order valence-electron chi connectivity index (χ4n) is 2.08. The summed E-state index contributed by atoms with van der Waals surface area (Å²) in [5, 5.41) is 2.86. The van der Waals surface area contributed by atoms with E-state index in [0.717, 1.165) is 11.3 Å². The van der Waals surface area contributed by atoms with E-state index in [1.165, 1.54) is 0 Å². The van der Waals surface area contributed by atoms with Crippen LogP contribution in [0.5, 0.6) is 11.5 Å². The standard InChI is InChI=1S/C18H22N2O3/c1-13(23-17-5-3-4-16(10-17)22-2)12-20-18(21)15-8-6-14(11-19)7-9-15/h3-10,13H,11-12,19H2,1-2H3,(H,20,21). The van der Waals surface area contributed by atoms with Gasteiger partial charge in [0.1, 0.15) is 17.6 Å². The SMILES string of the molecule is COc1cccc(OC(C)CNC(=O)c2ccc(CN)cc2)c1. The van der Waals surface area contributed by atoms with Gasteiger partial charge in [-0.15, -0.1) is 0 Å². The van der Waals surface area contributed by atoms with E-state index in [1.807, 2.05) is 43.3 Å². The molecule has 0 fully saturated rings. The van der Waals surface area contributed by atoms with Crippen molar-refractivity contribution >= 4 is 5.91 Å². The van der Waals surface area contributed by atoms with Crippen molar-refractivity contribution in [3.05, 3.63) is 59.7 Å². The number of methoxy groups -OCH3 is 1. The molecule has 1 atom stereocenters. The third-order valence-corrected chi connectivity index (χ3v) is 3.38. The molecule has 23 heavy (non-hydrogen) atoms. The molecule has 0 heterocycles. The molecule has 2 aromatic carbocycles. The second-order valence-corrected chi connectivity index (χ2v) is 5.22. The summed E-state index contributed by atoms with van der Waals surface area (Å²) in [5.41, 5.74) is 7.15. The number of nitrogens with two attached hydrogens (primary N) is 1. The molecule has 0 aliphatic carbocycles. The summed E-state index contributed by atoms with van der Waals surface area (Å²) in [4.78, 5) is 12.1. The van der Waals surface area contributed by atoms with E-state index in [2.05, 4.69) is 5.32 Å². The first-order valence-electron chi connectivity index (χ1n) is 7.50. The molecule has 5 heteroatoms. The molecule has 0 aliphatic heterocycles. The Labute approximate surface area is 136 Å². The van der Waals surface area contributed by atoms with E-state index in [9.17, 15) is 4.79 Å². The molecular formula is C18H22N2O3. The Morgan fingerprint density at radius 1 is 1.17 bits per heavy atom. The van der Waals surface area contributed by atoms with Gasteiger partial charge in [-0.1, -0.05) is 18.2 Å². The Balaban J connectivity index is 1.85. The largest absolute Gasteiger partial charge is 0.497 e. The Morgan fingerprint density at radius 2 is 1.87 bits per heavy atom. The van der Waals surface area contributed by atoms with Crippen molar-refractivity contribution in [2.75, 3.05) is 13.7 Å². The lowest BCUT2D eigenvalue weighted by atomic mass is 10.1. The molecule has 0 saturated carbocycles. The highest BCUT2D eigenvalue weighted by molar-refractivity contribution is 5.94. The van der Waals surface area contributed by atoms with Crippen molar-refractivity contribution in [1.29, 1.82) is 0 Å². The summed E-state index contributed by atoms with van der Waals surface area (Å²) in [7, 11) is 1.61. The lowest BCUT2D eigenvalue weighted by Gasteiger charge is -2.16. The Morgan fingerprint density at radius 3 is 2.52 bits per heavy atom. The molecule has 2 rings (SSSR count). The summed E-state index contributed by atoms with van der Waals surface area (Å²) < 4.78 is 10.9. The molecule has 0 bridgehead atoms. The second-order valence-electron chi connectivity index (χ2n) is 5.22. The van der Waals surface area contributed by atoms with Crippen LogP contribution in [0.1, 0.15) is 22.8 Å². The lowest BCUT2D eigenvalue weighted by molar-refractivity contribution is 0.0932. The molecular weight excluding hydrogens is 292 g/mol. The zero-order valence-electron chi connectivity index (χ0n) is 13.4. The average Bonchev–Trinajstić information content (AvgIpc) is 2.60. The number of hydrogen-bond donors (Lipinski definition) is 2. The highest BCUT2D eigenvalue weighted by Gasteiger charge is 2.09. The molecule has 5 nitrogen and oxygen atoms in total. The smallest absolute Gasteiger partial charge is 0.251 e. The summed E-state index contributed by atoms with van der Waals surface area (Å²) >= 11 is 0. The maximum Gasteiger partial charge on any atom is 0.251 e. The van der Waals surface area contributed by atoms with Crippen LogP contribution in [-0.4, -0.2) is 25.7 Å². The van der Waals surface area contributed by atoms with Crippen LogP contribution in [0.3, 0.4) is 0 Å². The highest BCUT2D eigenvalue weighted by Crippen LogP contribution is 2.19. The van der Waals surface area contributed by atoms with Gasteiger partial charge in [0, 0.05) is 18.2 Å². The van der Waals surface area contributed by atoms with Crippen LogP contribution in [0.15, 0.2) is 48.5 Å². The number of amides is 1. The monoisotopic (exact) mass is 314 g/mol. The van der Waals surface area contributed by atoms with Gasteiger partial charge < -0.3 is 20.5 Å². The summed E-state index contributed by atoms with van der Waals surface area (Å²) in [6.45, 7) is 2.78. The third kappa shape index (κ3) is 5.00. The van der Waals surface area contributed by atoms with Crippen molar-refractivity contribution in [2.24, 2.45) is 5.73 Å². The van der Waals surface area contributed by atoms with Crippen molar-refractivity contribution in [3.63, 3.8) is 0 Å². The molecule has 0 saturated heterocycles. The van der Waals surface area contributed by atoms with Gasteiger partial charge in [0.15, 0.2) is 0 Å². The molecule has 0 aliphatic rings. The van der Waals surface area contributed by atoms with Gasteiger partial charge in [0.2, 0.25) is 0 Å². The average molecular weight is 314 g/mol. The zero-order valence-corrected chi connectivity index (χ0v) is 13.4. The van der Waals surface area contributed by atoms with Gasteiger partial charge in [-0.2, -0.15) is 0 Å². The van der Waals surface area contributed by atoms with Crippen LogP contribution in [0.25, 0.3) is 0 Å². The van der Waals surface area contributed by atoms with Gasteiger partial charge in [-0.05, 0) is 36.8 Å². The predicted octanol–water partition coefficient (Wildman–Crippen LogP) is 2.35. The van der Waals surface area contributed by atoms with Crippen molar-refractivity contribution in [1.82, 2.24) is 5.32 Å². The Bertz CT molecular complexity index is 641. The van der Waals surface area contributed by atoms with Crippen LogP contribution in [0.2, 0.25) is 0 Å². The van der Waals surface area contributed by atoms with Crippen molar-refractivity contribution < 1.29 is 14.3 Å². The molecule has 0 aromatic heterocycles. The van der Waals surface area contributed by atoms with Crippen molar-refractivity contribution in [3.8, 4) is 11.5 Å².